The average Bonchev–Trinajstić information content (AvgIpc) is 2.61. The number of carboxylic acids is 1. The molecule has 2 N–H and O–H groups in total. The van der Waals surface area contributed by atoms with E-state index in [0.717, 1.165) is 12.8 Å². The second-order valence-corrected chi connectivity index (χ2v) is 3.69. The summed E-state index contributed by atoms with van der Waals surface area (Å²) >= 11 is 0. The van der Waals surface area contributed by atoms with E-state index in [2.05, 4.69) is 15.6 Å². The predicted octanol–water partition coefficient (Wildman–Crippen LogP) is 0.201. The number of nitrogens with one attached hydrogen (secondary N) is 1. The van der Waals surface area contributed by atoms with Crippen molar-refractivity contribution < 1.29 is 14.7 Å². The van der Waals surface area contributed by atoms with E-state index in [0.29, 0.717) is 12.2 Å². The molecule has 94 valence electrons. The molecule has 0 saturated carbocycles. The van der Waals surface area contributed by atoms with E-state index < -0.39 is 5.97 Å². The first-order valence-electron chi connectivity index (χ1n) is 5.46. The zero-order valence-electron chi connectivity index (χ0n) is 9.93. The molecule has 0 saturated heterocycles. The number of hydrogen-bond acceptors (Lipinski definition) is 4. The Morgan fingerprint density at radius 3 is 2.71 bits per heavy atom. The molecule has 1 heterocycles. The highest BCUT2D eigenvalue weighted by molar-refractivity contribution is 5.86. The summed E-state index contributed by atoms with van der Waals surface area (Å²) in [5.74, 6) is -1.33. The van der Waals surface area contributed by atoms with E-state index in [9.17, 15) is 9.59 Å². The molecule has 0 aliphatic carbocycles. The van der Waals surface area contributed by atoms with Gasteiger partial charge in [-0.25, -0.2) is 9.48 Å². The topological polar surface area (TPSA) is 97.1 Å². The van der Waals surface area contributed by atoms with Gasteiger partial charge in [0.1, 0.15) is 6.54 Å². The Morgan fingerprint density at radius 1 is 1.47 bits per heavy atom. The Labute approximate surface area is 98.8 Å². The van der Waals surface area contributed by atoms with Crippen LogP contribution in [0.4, 0.5) is 0 Å². The van der Waals surface area contributed by atoms with Gasteiger partial charge in [0.2, 0.25) is 5.91 Å². The van der Waals surface area contributed by atoms with Crippen molar-refractivity contribution in [3.05, 3.63) is 11.4 Å². The minimum absolute atomic E-state index is 0.00414. The molecular weight excluding hydrogens is 224 g/mol. The molecule has 0 aliphatic rings. The zero-order valence-corrected chi connectivity index (χ0v) is 9.93. The second-order valence-electron chi connectivity index (χ2n) is 3.69. The first-order chi connectivity index (χ1) is 8.06. The van der Waals surface area contributed by atoms with Crippen LogP contribution < -0.4 is 5.32 Å². The normalized spacial score (nSPS) is 10.2. The molecule has 7 heteroatoms. The van der Waals surface area contributed by atoms with Gasteiger partial charge in [-0.1, -0.05) is 18.6 Å². The van der Waals surface area contributed by atoms with Crippen molar-refractivity contribution in [3.8, 4) is 0 Å². The quantitative estimate of drug-likeness (QED) is 0.692. The highest BCUT2D eigenvalue weighted by Gasteiger charge is 2.16. The van der Waals surface area contributed by atoms with Crippen LogP contribution in [-0.4, -0.2) is 38.5 Å². The molecule has 0 spiro atoms. The van der Waals surface area contributed by atoms with Crippen LogP contribution in [0.3, 0.4) is 0 Å². The molecule has 0 fully saturated rings. The minimum atomic E-state index is -1.14. The number of carbonyl (C=O) groups excluding carboxylic acids is 1. The van der Waals surface area contributed by atoms with Gasteiger partial charge in [0, 0.05) is 6.54 Å². The number of hydrogen-bond donors (Lipinski definition) is 2. The highest BCUT2D eigenvalue weighted by Crippen LogP contribution is 2.02. The first-order valence-corrected chi connectivity index (χ1v) is 5.46. The van der Waals surface area contributed by atoms with Crippen LogP contribution in [0.5, 0.6) is 0 Å². The SMILES string of the molecule is CCCCNC(=O)Cn1nnc(C(=O)O)c1C. The monoisotopic (exact) mass is 240 g/mol. The maximum Gasteiger partial charge on any atom is 0.358 e. The van der Waals surface area contributed by atoms with Crippen LogP contribution in [0.1, 0.15) is 35.9 Å². The van der Waals surface area contributed by atoms with Gasteiger partial charge in [-0.15, -0.1) is 5.10 Å². The van der Waals surface area contributed by atoms with Gasteiger partial charge in [-0.3, -0.25) is 4.79 Å². The molecule has 0 aromatic carbocycles. The molecule has 7 nitrogen and oxygen atoms in total. The Hall–Kier alpha value is -1.92. The minimum Gasteiger partial charge on any atom is -0.476 e. The number of carboxylic acid groups (broad SMARTS) is 1. The van der Waals surface area contributed by atoms with Crippen LogP contribution in [0.25, 0.3) is 0 Å². The first kappa shape index (κ1) is 13.1. The summed E-state index contributed by atoms with van der Waals surface area (Å²) in [6.07, 6.45) is 1.92. The average molecular weight is 240 g/mol. The van der Waals surface area contributed by atoms with Gasteiger partial charge in [0.25, 0.3) is 0 Å². The largest absolute Gasteiger partial charge is 0.476 e. The van der Waals surface area contributed by atoms with E-state index >= 15 is 0 Å². The van der Waals surface area contributed by atoms with Crippen LogP contribution in [0.2, 0.25) is 0 Å². The summed E-state index contributed by atoms with van der Waals surface area (Å²) in [5.41, 5.74) is 0.259. The molecular formula is C10H16N4O3. The molecule has 0 aliphatic heterocycles. The van der Waals surface area contributed by atoms with Crippen LogP contribution >= 0.6 is 0 Å². The van der Waals surface area contributed by atoms with E-state index in [1.54, 1.807) is 6.92 Å². The third-order valence-corrected chi connectivity index (χ3v) is 2.33. The number of nitrogens with zero attached hydrogens (tertiary/aromatic N) is 3. The van der Waals surface area contributed by atoms with Gasteiger partial charge >= 0.3 is 5.97 Å². The molecule has 1 aromatic heterocycles. The van der Waals surface area contributed by atoms with Gasteiger partial charge in [0.15, 0.2) is 5.69 Å². The fraction of sp³-hybridized carbons (Fsp3) is 0.600. The van der Waals surface area contributed by atoms with Crippen LogP contribution in [-0.2, 0) is 11.3 Å². The number of unbranched alkanes of at least 4 members (excludes halogenated alkanes) is 1. The summed E-state index contributed by atoms with van der Waals surface area (Å²) in [7, 11) is 0. The number of rotatable bonds is 6. The maximum atomic E-state index is 11.5. The summed E-state index contributed by atoms with van der Waals surface area (Å²) in [6.45, 7) is 4.22. The Balaban J connectivity index is 2.57. The lowest BCUT2D eigenvalue weighted by Crippen LogP contribution is -2.29. The van der Waals surface area contributed by atoms with Crippen molar-refractivity contribution in [2.45, 2.75) is 33.2 Å². The predicted molar refractivity (Wildman–Crippen MR) is 59.6 cm³/mol. The smallest absolute Gasteiger partial charge is 0.358 e. The van der Waals surface area contributed by atoms with Crippen LogP contribution in [0, 0.1) is 6.92 Å². The molecule has 0 radical (unpaired) electrons. The van der Waals surface area contributed by atoms with Crippen molar-refractivity contribution in [3.63, 3.8) is 0 Å². The highest BCUT2D eigenvalue weighted by atomic mass is 16.4. The zero-order chi connectivity index (χ0) is 12.8. The van der Waals surface area contributed by atoms with Crippen molar-refractivity contribution in [1.29, 1.82) is 0 Å². The molecule has 0 bridgehead atoms. The fourth-order valence-electron chi connectivity index (χ4n) is 1.30. The molecule has 17 heavy (non-hydrogen) atoms. The molecule has 0 atom stereocenters. The Morgan fingerprint density at radius 2 is 2.18 bits per heavy atom. The van der Waals surface area contributed by atoms with Crippen LogP contribution in [0.15, 0.2) is 0 Å². The second kappa shape index (κ2) is 5.97. The number of aromatic nitrogens is 3. The standard InChI is InChI=1S/C10H16N4O3/c1-3-4-5-11-8(15)6-14-7(2)9(10(16)17)12-13-14/h3-6H2,1-2H3,(H,11,15)(H,16,17). The number of amides is 1. The van der Waals surface area contributed by atoms with Crippen molar-refractivity contribution in [2.75, 3.05) is 6.54 Å². The lowest BCUT2D eigenvalue weighted by molar-refractivity contribution is -0.121. The lowest BCUT2D eigenvalue weighted by Gasteiger charge is -2.05. The van der Waals surface area contributed by atoms with Gasteiger partial charge in [-0.05, 0) is 13.3 Å². The van der Waals surface area contributed by atoms with Gasteiger partial charge in [0.05, 0.1) is 5.69 Å². The molecule has 1 amide bonds. The van der Waals surface area contributed by atoms with Gasteiger partial charge < -0.3 is 10.4 Å². The third kappa shape index (κ3) is 3.54. The van der Waals surface area contributed by atoms with E-state index in [1.807, 2.05) is 6.92 Å². The fourth-order valence-corrected chi connectivity index (χ4v) is 1.30. The number of carbonyl (C=O) groups is 2. The lowest BCUT2D eigenvalue weighted by atomic mass is 10.3. The Bertz CT molecular complexity index is 414. The number of aromatic carboxylic acids is 1. The summed E-state index contributed by atoms with van der Waals surface area (Å²) < 4.78 is 1.28. The van der Waals surface area contributed by atoms with E-state index in [-0.39, 0.29) is 18.1 Å². The molecule has 1 rings (SSSR count). The maximum absolute atomic E-state index is 11.5. The molecule has 0 unspecified atom stereocenters. The third-order valence-electron chi connectivity index (χ3n) is 2.33. The summed E-state index contributed by atoms with van der Waals surface area (Å²) in [4.78, 5) is 22.2. The van der Waals surface area contributed by atoms with Crippen molar-refractivity contribution >= 4 is 11.9 Å². The molecule has 1 aromatic rings. The summed E-state index contributed by atoms with van der Waals surface area (Å²) in [5, 5.41) is 18.6. The van der Waals surface area contributed by atoms with E-state index in [1.165, 1.54) is 4.68 Å². The van der Waals surface area contributed by atoms with E-state index in [4.69, 9.17) is 5.11 Å². The van der Waals surface area contributed by atoms with Gasteiger partial charge in [-0.2, -0.15) is 0 Å². The Kier molecular flexibility index (Phi) is 4.62. The van der Waals surface area contributed by atoms with Crippen molar-refractivity contribution in [2.24, 2.45) is 0 Å². The summed E-state index contributed by atoms with van der Waals surface area (Å²) in [6, 6.07) is 0. The van der Waals surface area contributed by atoms with Crippen molar-refractivity contribution in [1.82, 2.24) is 20.3 Å².